The molecule has 156 valence electrons. The van der Waals surface area contributed by atoms with Crippen molar-refractivity contribution in [2.45, 2.75) is 44.4 Å². The van der Waals surface area contributed by atoms with E-state index in [0.717, 1.165) is 24.0 Å². The normalized spacial score (nSPS) is 11.2. The topological polar surface area (TPSA) is 89.5 Å². The Labute approximate surface area is 172 Å². The number of Topliss-reactive ketones (excluding diaryl/α,β-unsaturated/α-hetero) is 1. The molecule has 2 aromatic rings. The van der Waals surface area contributed by atoms with Crippen LogP contribution in [0.25, 0.3) is 0 Å². The van der Waals surface area contributed by atoms with Gasteiger partial charge >= 0.3 is 5.97 Å². The Bertz CT molecular complexity index is 936. The van der Waals surface area contributed by atoms with Crippen LogP contribution in [0.15, 0.2) is 53.4 Å². The summed E-state index contributed by atoms with van der Waals surface area (Å²) in [4.78, 5) is 23.6. The summed E-state index contributed by atoms with van der Waals surface area (Å²) in [7, 11) is -3.79. The Kier molecular flexibility index (Phi) is 8.54. The second kappa shape index (κ2) is 10.9. The molecule has 0 radical (unpaired) electrons. The van der Waals surface area contributed by atoms with Crippen molar-refractivity contribution in [2.24, 2.45) is 0 Å². The van der Waals surface area contributed by atoms with Gasteiger partial charge in [0.25, 0.3) is 0 Å². The van der Waals surface area contributed by atoms with Gasteiger partial charge in [-0.15, -0.1) is 0 Å². The van der Waals surface area contributed by atoms with Gasteiger partial charge < -0.3 is 4.74 Å². The Morgan fingerprint density at radius 3 is 2.38 bits per heavy atom. The lowest BCUT2D eigenvalue weighted by molar-refractivity contribution is -0.141. The number of ether oxygens (including phenoxy) is 1. The van der Waals surface area contributed by atoms with Crippen LogP contribution in [0.2, 0.25) is 0 Å². The number of ketones is 1. The van der Waals surface area contributed by atoms with Crippen molar-refractivity contribution in [1.29, 1.82) is 0 Å². The molecule has 0 atom stereocenters. The number of benzene rings is 2. The molecular formula is C22H27NO5S. The summed E-state index contributed by atoms with van der Waals surface area (Å²) in [5.74, 6) is -0.483. The van der Waals surface area contributed by atoms with Crippen LogP contribution in [0.1, 0.15) is 54.6 Å². The van der Waals surface area contributed by atoms with Crippen molar-refractivity contribution in [2.75, 3.05) is 13.2 Å². The molecule has 0 amide bonds. The van der Waals surface area contributed by atoms with Gasteiger partial charge in [-0.2, -0.15) is 4.72 Å². The zero-order valence-electron chi connectivity index (χ0n) is 16.8. The van der Waals surface area contributed by atoms with E-state index in [0.29, 0.717) is 18.4 Å². The van der Waals surface area contributed by atoms with E-state index in [-0.39, 0.29) is 17.3 Å². The van der Waals surface area contributed by atoms with Gasteiger partial charge in [-0.05, 0) is 49.1 Å². The molecule has 0 saturated heterocycles. The van der Waals surface area contributed by atoms with Crippen molar-refractivity contribution in [3.8, 4) is 0 Å². The fourth-order valence-corrected chi connectivity index (χ4v) is 3.78. The average Bonchev–Trinajstić information content (AvgIpc) is 2.71. The van der Waals surface area contributed by atoms with E-state index in [2.05, 4.69) is 11.6 Å². The molecule has 0 saturated carbocycles. The van der Waals surface area contributed by atoms with Crippen LogP contribution in [-0.4, -0.2) is 33.3 Å². The van der Waals surface area contributed by atoms with Crippen LogP contribution in [0, 0.1) is 0 Å². The molecule has 0 aliphatic heterocycles. The van der Waals surface area contributed by atoms with Crippen molar-refractivity contribution >= 4 is 21.8 Å². The number of unbranched alkanes of at least 4 members (excludes halogenated alkanes) is 1. The predicted molar refractivity (Wildman–Crippen MR) is 111 cm³/mol. The van der Waals surface area contributed by atoms with E-state index < -0.39 is 22.5 Å². The van der Waals surface area contributed by atoms with E-state index in [1.54, 1.807) is 19.1 Å². The maximum atomic E-state index is 12.3. The largest absolute Gasteiger partial charge is 0.465 e. The Balaban J connectivity index is 2.03. The molecule has 0 unspecified atom stereocenters. The fourth-order valence-electron chi connectivity index (χ4n) is 2.81. The molecule has 0 heterocycles. The third-order valence-corrected chi connectivity index (χ3v) is 5.78. The van der Waals surface area contributed by atoms with Gasteiger partial charge in [0.2, 0.25) is 10.0 Å². The number of carbonyl (C=O) groups excluding carboxylic acids is 2. The number of carbonyl (C=O) groups is 2. The highest BCUT2D eigenvalue weighted by molar-refractivity contribution is 7.89. The highest BCUT2D eigenvalue weighted by Gasteiger charge is 2.16. The van der Waals surface area contributed by atoms with Crippen LogP contribution in [0.4, 0.5) is 0 Å². The summed E-state index contributed by atoms with van der Waals surface area (Å²) in [6, 6.07) is 14.0. The number of rotatable bonds is 11. The zero-order valence-corrected chi connectivity index (χ0v) is 17.6. The van der Waals surface area contributed by atoms with Gasteiger partial charge in [0.05, 0.1) is 11.5 Å². The summed E-state index contributed by atoms with van der Waals surface area (Å²) >= 11 is 0. The summed E-state index contributed by atoms with van der Waals surface area (Å²) in [6.07, 6.45) is 3.00. The lowest BCUT2D eigenvalue weighted by atomic mass is 9.99. The smallest absolute Gasteiger partial charge is 0.321 e. The number of sulfonamides is 1. The molecule has 1 N–H and O–H groups in total. The lowest BCUT2D eigenvalue weighted by Crippen LogP contribution is -2.30. The van der Waals surface area contributed by atoms with Crippen LogP contribution in [-0.2, 0) is 26.0 Å². The first-order chi connectivity index (χ1) is 13.9. The minimum atomic E-state index is -3.79. The SMILES string of the molecule is CCCCC(=O)c1cccc(Cc2ccc(S(=O)(=O)NCC(=O)OCC)cc2)c1. The Hall–Kier alpha value is -2.51. The maximum absolute atomic E-state index is 12.3. The first-order valence-electron chi connectivity index (χ1n) is 9.72. The van der Waals surface area contributed by atoms with E-state index in [1.807, 2.05) is 24.3 Å². The van der Waals surface area contributed by atoms with Crippen LogP contribution in [0.5, 0.6) is 0 Å². The minimum absolute atomic E-state index is 0.0778. The van der Waals surface area contributed by atoms with Crippen molar-refractivity contribution in [3.63, 3.8) is 0 Å². The van der Waals surface area contributed by atoms with E-state index in [4.69, 9.17) is 4.74 Å². The molecule has 0 aliphatic carbocycles. The highest BCUT2D eigenvalue weighted by atomic mass is 32.2. The second-order valence-corrected chi connectivity index (χ2v) is 8.44. The fraction of sp³-hybridized carbons (Fsp3) is 0.364. The van der Waals surface area contributed by atoms with Crippen LogP contribution >= 0.6 is 0 Å². The third-order valence-electron chi connectivity index (χ3n) is 4.36. The van der Waals surface area contributed by atoms with Gasteiger partial charge in [-0.1, -0.05) is 43.7 Å². The van der Waals surface area contributed by atoms with Crippen molar-refractivity contribution < 1.29 is 22.7 Å². The van der Waals surface area contributed by atoms with E-state index >= 15 is 0 Å². The molecule has 29 heavy (non-hydrogen) atoms. The van der Waals surface area contributed by atoms with Gasteiger partial charge in [0, 0.05) is 12.0 Å². The van der Waals surface area contributed by atoms with Gasteiger partial charge in [-0.3, -0.25) is 9.59 Å². The molecule has 2 rings (SSSR count). The molecule has 0 bridgehead atoms. The lowest BCUT2D eigenvalue weighted by Gasteiger charge is -2.08. The minimum Gasteiger partial charge on any atom is -0.465 e. The molecule has 0 spiro atoms. The summed E-state index contributed by atoms with van der Waals surface area (Å²) in [6.45, 7) is 3.50. The second-order valence-electron chi connectivity index (χ2n) is 6.68. The number of hydrogen-bond donors (Lipinski definition) is 1. The number of esters is 1. The molecule has 0 aromatic heterocycles. The predicted octanol–water partition coefficient (Wildman–Crippen LogP) is 3.49. The first-order valence-corrected chi connectivity index (χ1v) is 11.2. The standard InChI is InChI=1S/C22H27NO5S/c1-3-5-9-21(24)19-8-6-7-18(15-19)14-17-10-12-20(13-11-17)29(26,27)23-16-22(25)28-4-2/h6-8,10-13,15,23H,3-5,9,14,16H2,1-2H3. The zero-order chi connectivity index (χ0) is 21.3. The van der Waals surface area contributed by atoms with E-state index in [1.165, 1.54) is 12.1 Å². The summed E-state index contributed by atoms with van der Waals surface area (Å²) in [5.41, 5.74) is 2.62. The molecule has 2 aromatic carbocycles. The molecule has 0 aliphatic rings. The van der Waals surface area contributed by atoms with Gasteiger partial charge in [-0.25, -0.2) is 8.42 Å². The monoisotopic (exact) mass is 417 g/mol. The Morgan fingerprint density at radius 1 is 1.00 bits per heavy atom. The number of nitrogens with one attached hydrogen (secondary N) is 1. The summed E-state index contributed by atoms with van der Waals surface area (Å²) in [5, 5.41) is 0. The van der Waals surface area contributed by atoms with Crippen LogP contribution < -0.4 is 4.72 Å². The third kappa shape index (κ3) is 7.11. The molecule has 6 nitrogen and oxygen atoms in total. The average molecular weight is 418 g/mol. The van der Waals surface area contributed by atoms with Gasteiger partial charge in [0.15, 0.2) is 5.78 Å². The molecule has 7 heteroatoms. The van der Waals surface area contributed by atoms with Crippen molar-refractivity contribution in [1.82, 2.24) is 4.72 Å². The van der Waals surface area contributed by atoms with Gasteiger partial charge in [0.1, 0.15) is 6.54 Å². The van der Waals surface area contributed by atoms with Crippen LogP contribution in [0.3, 0.4) is 0 Å². The molecule has 0 fully saturated rings. The maximum Gasteiger partial charge on any atom is 0.321 e. The number of hydrogen-bond acceptors (Lipinski definition) is 5. The van der Waals surface area contributed by atoms with Crippen molar-refractivity contribution in [3.05, 3.63) is 65.2 Å². The highest BCUT2D eigenvalue weighted by Crippen LogP contribution is 2.16. The first kappa shape index (κ1) is 22.8. The quantitative estimate of drug-likeness (QED) is 0.446. The summed E-state index contributed by atoms with van der Waals surface area (Å²) < 4.78 is 31.5. The Morgan fingerprint density at radius 2 is 1.72 bits per heavy atom. The molecular weight excluding hydrogens is 390 g/mol. The van der Waals surface area contributed by atoms with E-state index in [9.17, 15) is 18.0 Å².